The number of hydrogen-bond acceptors (Lipinski definition) is 1. The van der Waals surface area contributed by atoms with Crippen molar-refractivity contribution >= 4 is 38.6 Å². The number of para-hydroxylation sites is 1. The molecule has 0 saturated carbocycles. The van der Waals surface area contributed by atoms with E-state index in [0.717, 1.165) is 28.2 Å². The van der Waals surface area contributed by atoms with E-state index < -0.39 is 0 Å². The monoisotopic (exact) mass is 877 g/mol. The summed E-state index contributed by atoms with van der Waals surface area (Å²) in [4.78, 5) is 2.42. The molecule has 0 aliphatic heterocycles. The molecular weight excluding hydrogens is 831 g/mol. The maximum absolute atomic E-state index is 2.42. The molecule has 0 heterocycles. The highest BCUT2D eigenvalue weighted by atomic mass is 15.1. The molecular formula is C68H47N. The SMILES string of the molecule is c1ccc(-c2cc(-c3ccccc3)cc(-c3ccc(N(c4ccc(-c5ccc6c(ccc7ccccc76)c5)cc4)c4ccccc4-c4ccccc4-c4ccccc4-c4ccccc4)cc3)c2)cc1. The molecule has 12 aromatic rings. The van der Waals surface area contributed by atoms with Gasteiger partial charge in [-0.25, -0.2) is 0 Å². The van der Waals surface area contributed by atoms with Crippen molar-refractivity contribution in [1.29, 1.82) is 0 Å². The molecule has 0 N–H and O–H groups in total. The Labute approximate surface area is 404 Å². The minimum atomic E-state index is 1.07. The lowest BCUT2D eigenvalue weighted by atomic mass is 9.88. The third kappa shape index (κ3) is 8.18. The smallest absolute Gasteiger partial charge is 0.0540 e. The topological polar surface area (TPSA) is 3.24 Å². The number of anilines is 3. The second-order valence-electron chi connectivity index (χ2n) is 17.7. The van der Waals surface area contributed by atoms with Gasteiger partial charge in [0, 0.05) is 16.9 Å². The standard InChI is InChI=1S/C68H47N/c1-4-18-48(19-5-1)56-45-57(49-20-6-2-7-21-49)47-58(46-56)51-36-41-60(42-37-51)69(59-39-34-50(35-40-59)54-38-43-63-55(44-54)33-32-53-24-10-11-25-61(53)63)68-31-17-16-30-67(68)66-29-15-14-28-65(66)64-27-13-12-26-62(64)52-22-8-3-9-23-52/h1-47H. The second-order valence-corrected chi connectivity index (χ2v) is 17.7. The van der Waals surface area contributed by atoms with Crippen molar-refractivity contribution in [1.82, 2.24) is 0 Å². The first-order valence-corrected chi connectivity index (χ1v) is 23.7. The molecule has 0 bridgehead atoms. The summed E-state index contributed by atoms with van der Waals surface area (Å²) in [5.41, 5.74) is 19.8. The predicted molar refractivity (Wildman–Crippen MR) is 294 cm³/mol. The number of benzene rings is 12. The van der Waals surface area contributed by atoms with Crippen molar-refractivity contribution in [3.8, 4) is 77.9 Å². The van der Waals surface area contributed by atoms with Crippen LogP contribution in [0.2, 0.25) is 0 Å². The zero-order chi connectivity index (χ0) is 45.9. The van der Waals surface area contributed by atoms with E-state index in [0.29, 0.717) is 0 Å². The van der Waals surface area contributed by atoms with Crippen LogP contribution in [0, 0.1) is 0 Å². The molecule has 1 nitrogen and oxygen atoms in total. The third-order valence-electron chi connectivity index (χ3n) is 13.5. The number of rotatable bonds is 10. The maximum atomic E-state index is 2.42. The van der Waals surface area contributed by atoms with Gasteiger partial charge in [-0.1, -0.05) is 231 Å². The summed E-state index contributed by atoms with van der Waals surface area (Å²) in [7, 11) is 0. The van der Waals surface area contributed by atoms with Gasteiger partial charge < -0.3 is 4.90 Å². The second kappa shape index (κ2) is 18.3. The van der Waals surface area contributed by atoms with E-state index in [1.165, 1.54) is 88.3 Å². The minimum Gasteiger partial charge on any atom is -0.310 e. The number of nitrogens with zero attached hydrogens (tertiary/aromatic N) is 1. The molecule has 0 saturated heterocycles. The molecule has 0 aliphatic carbocycles. The zero-order valence-electron chi connectivity index (χ0n) is 38.1. The van der Waals surface area contributed by atoms with Gasteiger partial charge in [-0.05, 0) is 148 Å². The van der Waals surface area contributed by atoms with Gasteiger partial charge in [-0.3, -0.25) is 0 Å². The fraction of sp³-hybridized carbons (Fsp3) is 0. The zero-order valence-corrected chi connectivity index (χ0v) is 38.1. The highest BCUT2D eigenvalue weighted by molar-refractivity contribution is 6.08. The summed E-state index contributed by atoms with van der Waals surface area (Å²) in [6, 6.07) is 104. The molecule has 0 fully saturated rings. The van der Waals surface area contributed by atoms with Crippen LogP contribution in [0.3, 0.4) is 0 Å². The van der Waals surface area contributed by atoms with Crippen molar-refractivity contribution in [3.63, 3.8) is 0 Å². The van der Waals surface area contributed by atoms with Crippen molar-refractivity contribution in [2.75, 3.05) is 4.90 Å². The van der Waals surface area contributed by atoms with Crippen LogP contribution in [0.4, 0.5) is 17.1 Å². The Morgan fingerprint density at radius 3 is 1.14 bits per heavy atom. The molecule has 0 unspecified atom stereocenters. The molecule has 69 heavy (non-hydrogen) atoms. The van der Waals surface area contributed by atoms with Crippen LogP contribution in [-0.2, 0) is 0 Å². The normalized spacial score (nSPS) is 11.2. The van der Waals surface area contributed by atoms with E-state index in [4.69, 9.17) is 0 Å². The van der Waals surface area contributed by atoms with E-state index in [1.807, 2.05) is 0 Å². The molecule has 0 aliphatic rings. The minimum absolute atomic E-state index is 1.07. The lowest BCUT2D eigenvalue weighted by Gasteiger charge is -2.29. The summed E-state index contributed by atoms with van der Waals surface area (Å²) in [6.45, 7) is 0. The van der Waals surface area contributed by atoms with Crippen molar-refractivity contribution in [2.45, 2.75) is 0 Å². The van der Waals surface area contributed by atoms with Crippen LogP contribution in [0.1, 0.15) is 0 Å². The quantitative estimate of drug-likeness (QED) is 0.124. The average Bonchev–Trinajstić information content (AvgIpc) is 3.44. The van der Waals surface area contributed by atoms with Crippen LogP contribution in [0.5, 0.6) is 0 Å². The first kappa shape index (κ1) is 41.4. The van der Waals surface area contributed by atoms with E-state index in [2.05, 4.69) is 290 Å². The highest BCUT2D eigenvalue weighted by Crippen LogP contribution is 2.46. The first-order chi connectivity index (χ1) is 34.2. The summed E-state index contributed by atoms with van der Waals surface area (Å²) in [5, 5.41) is 5.05. The Balaban J connectivity index is 0.988. The molecule has 0 radical (unpaired) electrons. The average molecular weight is 878 g/mol. The van der Waals surface area contributed by atoms with Gasteiger partial charge in [0.1, 0.15) is 0 Å². The summed E-state index contributed by atoms with van der Waals surface area (Å²) >= 11 is 0. The largest absolute Gasteiger partial charge is 0.310 e. The summed E-state index contributed by atoms with van der Waals surface area (Å²) in [6.07, 6.45) is 0. The Bertz CT molecular complexity index is 3690. The van der Waals surface area contributed by atoms with Gasteiger partial charge in [0.25, 0.3) is 0 Å². The molecule has 12 aromatic carbocycles. The lowest BCUT2D eigenvalue weighted by molar-refractivity contribution is 1.28. The van der Waals surface area contributed by atoms with Crippen molar-refractivity contribution in [2.24, 2.45) is 0 Å². The first-order valence-electron chi connectivity index (χ1n) is 23.7. The van der Waals surface area contributed by atoms with E-state index in [9.17, 15) is 0 Å². The molecule has 324 valence electrons. The summed E-state index contributed by atoms with van der Waals surface area (Å²) in [5.74, 6) is 0. The molecule has 0 aromatic heterocycles. The van der Waals surface area contributed by atoms with Crippen molar-refractivity contribution < 1.29 is 0 Å². The molecule has 1 heteroatoms. The highest BCUT2D eigenvalue weighted by Gasteiger charge is 2.21. The van der Waals surface area contributed by atoms with Gasteiger partial charge in [-0.15, -0.1) is 0 Å². The molecule has 0 spiro atoms. The molecule has 0 atom stereocenters. The van der Waals surface area contributed by atoms with Gasteiger partial charge in [0.2, 0.25) is 0 Å². The van der Waals surface area contributed by atoms with Crippen LogP contribution < -0.4 is 4.90 Å². The van der Waals surface area contributed by atoms with E-state index in [1.54, 1.807) is 0 Å². The Morgan fingerprint density at radius 1 is 0.188 bits per heavy atom. The lowest BCUT2D eigenvalue weighted by Crippen LogP contribution is -2.11. The van der Waals surface area contributed by atoms with Gasteiger partial charge in [0.15, 0.2) is 0 Å². The predicted octanol–water partition coefficient (Wildman–Crippen LogP) is 19.1. The molecule has 0 amide bonds. The van der Waals surface area contributed by atoms with Crippen LogP contribution >= 0.6 is 0 Å². The number of hydrogen-bond donors (Lipinski definition) is 0. The van der Waals surface area contributed by atoms with Gasteiger partial charge in [-0.2, -0.15) is 0 Å². The maximum Gasteiger partial charge on any atom is 0.0540 e. The fourth-order valence-electron chi connectivity index (χ4n) is 10.1. The van der Waals surface area contributed by atoms with Crippen LogP contribution in [0.15, 0.2) is 285 Å². The fourth-order valence-corrected chi connectivity index (χ4v) is 10.1. The Kier molecular flexibility index (Phi) is 11.0. The third-order valence-corrected chi connectivity index (χ3v) is 13.5. The Morgan fingerprint density at radius 2 is 0.565 bits per heavy atom. The van der Waals surface area contributed by atoms with Crippen LogP contribution in [0.25, 0.3) is 99.4 Å². The van der Waals surface area contributed by atoms with Crippen molar-refractivity contribution in [3.05, 3.63) is 285 Å². The van der Waals surface area contributed by atoms with Gasteiger partial charge >= 0.3 is 0 Å². The summed E-state index contributed by atoms with van der Waals surface area (Å²) < 4.78 is 0. The number of fused-ring (bicyclic) bond motifs is 3. The van der Waals surface area contributed by atoms with E-state index in [-0.39, 0.29) is 0 Å². The van der Waals surface area contributed by atoms with Crippen LogP contribution in [-0.4, -0.2) is 0 Å². The Hall–Kier alpha value is -9.04. The molecule has 12 rings (SSSR count). The van der Waals surface area contributed by atoms with Gasteiger partial charge in [0.05, 0.1) is 5.69 Å². The van der Waals surface area contributed by atoms with E-state index >= 15 is 0 Å².